The van der Waals surface area contributed by atoms with Crippen molar-refractivity contribution in [1.82, 2.24) is 10.6 Å². The summed E-state index contributed by atoms with van der Waals surface area (Å²) in [5.41, 5.74) is 5.92. The Labute approximate surface area is 207 Å². The highest BCUT2D eigenvalue weighted by molar-refractivity contribution is 6.01. The van der Waals surface area contributed by atoms with E-state index in [2.05, 4.69) is 28.9 Å². The number of nitrogens with one attached hydrogen (secondary N) is 4. The maximum absolute atomic E-state index is 12.9. The van der Waals surface area contributed by atoms with Crippen LogP contribution < -0.4 is 20.7 Å². The molecule has 1 unspecified atom stereocenters. The summed E-state index contributed by atoms with van der Waals surface area (Å²) in [7, 11) is 1.84. The number of anilines is 1. The van der Waals surface area contributed by atoms with Crippen molar-refractivity contribution < 1.29 is 9.53 Å². The van der Waals surface area contributed by atoms with E-state index in [-0.39, 0.29) is 11.9 Å². The molecule has 1 heterocycles. The van der Waals surface area contributed by atoms with E-state index in [1.165, 1.54) is 0 Å². The third kappa shape index (κ3) is 5.72. The van der Waals surface area contributed by atoms with Crippen LogP contribution in [0.15, 0.2) is 60.7 Å². The average Bonchev–Trinajstić information content (AvgIpc) is 2.85. The molecule has 0 bridgehead atoms. The Kier molecular flexibility index (Phi) is 7.51. The summed E-state index contributed by atoms with van der Waals surface area (Å²) in [6.45, 7) is 7.80. The molecule has 1 aliphatic heterocycles. The number of rotatable bonds is 7. The van der Waals surface area contributed by atoms with Gasteiger partial charge in [0.25, 0.3) is 5.91 Å². The van der Waals surface area contributed by atoms with E-state index >= 15 is 0 Å². The Morgan fingerprint density at radius 2 is 1.77 bits per heavy atom. The van der Waals surface area contributed by atoms with Crippen LogP contribution in [0.25, 0.3) is 11.1 Å². The van der Waals surface area contributed by atoms with Gasteiger partial charge < -0.3 is 26.1 Å². The number of ether oxygens (including phenoxy) is 1. The second kappa shape index (κ2) is 10.7. The van der Waals surface area contributed by atoms with Gasteiger partial charge in [0.1, 0.15) is 11.5 Å². The van der Waals surface area contributed by atoms with Crippen LogP contribution in [-0.4, -0.2) is 37.8 Å². The van der Waals surface area contributed by atoms with E-state index in [1.54, 1.807) is 6.92 Å². The summed E-state index contributed by atoms with van der Waals surface area (Å²) >= 11 is 0. The first-order chi connectivity index (χ1) is 16.9. The zero-order valence-corrected chi connectivity index (χ0v) is 20.9. The number of hydrogen-bond donors (Lipinski definition) is 4. The molecule has 1 saturated heterocycles. The Hall–Kier alpha value is -3.64. The molecular weight excluding hydrogens is 436 g/mol. The smallest absolute Gasteiger partial charge is 0.251 e. The molecule has 6 heteroatoms. The van der Waals surface area contributed by atoms with Gasteiger partial charge in [-0.25, -0.2) is 0 Å². The molecule has 6 nitrogen and oxygen atoms in total. The molecule has 2 atom stereocenters. The molecule has 1 amide bonds. The fourth-order valence-corrected chi connectivity index (χ4v) is 4.57. The molecule has 1 fully saturated rings. The van der Waals surface area contributed by atoms with Gasteiger partial charge in [0.15, 0.2) is 0 Å². The zero-order chi connectivity index (χ0) is 24.9. The highest BCUT2D eigenvalue weighted by Crippen LogP contribution is 2.31. The number of carbonyl (C=O) groups is 1. The van der Waals surface area contributed by atoms with Gasteiger partial charge in [0, 0.05) is 41.7 Å². The van der Waals surface area contributed by atoms with E-state index < -0.39 is 0 Å². The van der Waals surface area contributed by atoms with Crippen LogP contribution in [0.1, 0.15) is 41.8 Å². The lowest BCUT2D eigenvalue weighted by atomic mass is 9.94. The molecule has 4 N–H and O–H groups in total. The number of hydrogen-bond acceptors (Lipinski definition) is 5. The number of carbonyl (C=O) groups excluding carboxylic acids is 1. The van der Waals surface area contributed by atoms with E-state index in [9.17, 15) is 4.79 Å². The molecule has 182 valence electrons. The predicted octanol–water partition coefficient (Wildman–Crippen LogP) is 5.61. The summed E-state index contributed by atoms with van der Waals surface area (Å²) < 4.78 is 6.12. The maximum atomic E-state index is 12.9. The minimum Gasteiger partial charge on any atom is -0.457 e. The first-order valence-electron chi connectivity index (χ1n) is 12.1. The fourth-order valence-electron chi connectivity index (χ4n) is 4.57. The lowest BCUT2D eigenvalue weighted by Crippen LogP contribution is -2.48. The van der Waals surface area contributed by atoms with E-state index in [0.29, 0.717) is 22.9 Å². The highest BCUT2D eigenvalue weighted by atomic mass is 16.5. The van der Waals surface area contributed by atoms with Crippen molar-refractivity contribution in [3.05, 3.63) is 77.4 Å². The van der Waals surface area contributed by atoms with Gasteiger partial charge in [-0.3, -0.25) is 4.79 Å². The Balaban J connectivity index is 1.51. The average molecular weight is 471 g/mol. The van der Waals surface area contributed by atoms with Crippen LogP contribution in [0.5, 0.6) is 11.5 Å². The minimum atomic E-state index is -0.00571. The van der Waals surface area contributed by atoms with Crippen LogP contribution in [0.3, 0.4) is 0 Å². The summed E-state index contributed by atoms with van der Waals surface area (Å²) in [6, 6.07) is 19.8. The van der Waals surface area contributed by atoms with Crippen LogP contribution in [-0.2, 0) is 0 Å². The normalized spacial score (nSPS) is 17.5. The summed E-state index contributed by atoms with van der Waals surface area (Å²) in [5, 5.41) is 17.6. The van der Waals surface area contributed by atoms with Crippen molar-refractivity contribution in [2.24, 2.45) is 5.92 Å². The number of piperidine rings is 1. The highest BCUT2D eigenvalue weighted by Gasteiger charge is 2.23. The van der Waals surface area contributed by atoms with E-state index in [0.717, 1.165) is 53.2 Å². The Bertz CT molecular complexity index is 1240. The largest absolute Gasteiger partial charge is 0.457 e. The monoisotopic (exact) mass is 470 g/mol. The quantitative estimate of drug-likeness (QED) is 0.338. The van der Waals surface area contributed by atoms with Gasteiger partial charge in [0.2, 0.25) is 0 Å². The minimum absolute atomic E-state index is 0.00571. The molecule has 35 heavy (non-hydrogen) atoms. The third-order valence-corrected chi connectivity index (χ3v) is 6.64. The van der Waals surface area contributed by atoms with Gasteiger partial charge in [-0.2, -0.15) is 0 Å². The number of benzene rings is 3. The fraction of sp³-hybridized carbons (Fsp3) is 0.310. The molecular formula is C29H34N4O2. The Morgan fingerprint density at radius 1 is 1.03 bits per heavy atom. The molecule has 1 aliphatic rings. The molecule has 3 aromatic carbocycles. The maximum Gasteiger partial charge on any atom is 0.251 e. The van der Waals surface area contributed by atoms with Crippen molar-refractivity contribution >= 4 is 17.3 Å². The summed E-state index contributed by atoms with van der Waals surface area (Å²) in [4.78, 5) is 12.9. The molecule has 4 rings (SSSR count). The van der Waals surface area contributed by atoms with Gasteiger partial charge in [0.05, 0.1) is 0 Å². The van der Waals surface area contributed by atoms with E-state index in [1.807, 2.05) is 68.6 Å². The first kappa shape index (κ1) is 24.5. The Morgan fingerprint density at radius 3 is 2.49 bits per heavy atom. The molecule has 0 aliphatic carbocycles. The van der Waals surface area contributed by atoms with Crippen LogP contribution in [0.2, 0.25) is 0 Å². The molecule has 0 saturated carbocycles. The SMILES string of the molecule is CNc1cc(Oc2cccc(-c3ccc(C(=O)N[C@H]4CCNCC4C)c(C)c3)c2)ccc1C(C)=N. The lowest BCUT2D eigenvalue weighted by Gasteiger charge is -2.30. The van der Waals surface area contributed by atoms with Gasteiger partial charge in [-0.15, -0.1) is 0 Å². The number of aryl methyl sites for hydroxylation is 1. The van der Waals surface area contributed by atoms with Gasteiger partial charge >= 0.3 is 0 Å². The third-order valence-electron chi connectivity index (χ3n) is 6.64. The topological polar surface area (TPSA) is 86.2 Å². The zero-order valence-electron chi connectivity index (χ0n) is 20.9. The predicted molar refractivity (Wildman–Crippen MR) is 143 cm³/mol. The molecule has 0 radical (unpaired) electrons. The van der Waals surface area contributed by atoms with Gasteiger partial charge in [-0.1, -0.05) is 31.2 Å². The van der Waals surface area contributed by atoms with Gasteiger partial charge in [-0.05, 0) is 86.3 Å². The van der Waals surface area contributed by atoms with Crippen molar-refractivity contribution in [3.8, 4) is 22.6 Å². The summed E-state index contributed by atoms with van der Waals surface area (Å²) in [6.07, 6.45) is 0.955. The second-order valence-electron chi connectivity index (χ2n) is 9.29. The second-order valence-corrected chi connectivity index (χ2v) is 9.29. The van der Waals surface area contributed by atoms with Crippen LogP contribution >= 0.6 is 0 Å². The van der Waals surface area contributed by atoms with Crippen LogP contribution in [0, 0.1) is 18.3 Å². The van der Waals surface area contributed by atoms with Crippen molar-refractivity contribution in [1.29, 1.82) is 5.41 Å². The number of amides is 1. The summed E-state index contributed by atoms with van der Waals surface area (Å²) in [5.74, 6) is 1.84. The van der Waals surface area contributed by atoms with Crippen LogP contribution in [0.4, 0.5) is 5.69 Å². The molecule has 3 aromatic rings. The van der Waals surface area contributed by atoms with Crippen molar-refractivity contribution in [3.63, 3.8) is 0 Å². The van der Waals surface area contributed by atoms with Crippen molar-refractivity contribution in [2.75, 3.05) is 25.5 Å². The standard InChI is InChI=1S/C29H34N4O2/c1-18-14-22(8-10-25(18)29(34)33-27-12-13-32-17-19(27)2)21-6-5-7-23(15-21)35-24-9-11-26(20(3)30)28(16-24)31-4/h5-11,14-16,19,27,30-32H,12-13,17H2,1-4H3,(H,33,34)/t19?,27-/m0/s1. The van der Waals surface area contributed by atoms with Crippen molar-refractivity contribution in [2.45, 2.75) is 33.2 Å². The lowest BCUT2D eigenvalue weighted by molar-refractivity contribution is 0.0913. The van der Waals surface area contributed by atoms with E-state index in [4.69, 9.17) is 10.1 Å². The molecule has 0 spiro atoms. The molecule has 0 aromatic heterocycles. The first-order valence-corrected chi connectivity index (χ1v) is 12.1.